The van der Waals surface area contributed by atoms with Crippen LogP contribution in [0.3, 0.4) is 0 Å². The molecule has 2 rings (SSSR count). The summed E-state index contributed by atoms with van der Waals surface area (Å²) in [7, 11) is 0. The highest BCUT2D eigenvalue weighted by atomic mass is 35.5. The van der Waals surface area contributed by atoms with Gasteiger partial charge < -0.3 is 10.6 Å². The minimum Gasteiger partial charge on any atom is -0.353 e. The van der Waals surface area contributed by atoms with Crippen molar-refractivity contribution in [3.63, 3.8) is 0 Å². The molecule has 2 N–H and O–H groups in total. The Morgan fingerprint density at radius 2 is 2.08 bits per heavy atom. The van der Waals surface area contributed by atoms with Gasteiger partial charge in [-0.05, 0) is 25.8 Å². The molecule has 12 heavy (non-hydrogen) atoms. The molecule has 4 heteroatoms. The first-order chi connectivity index (χ1) is 5.36. The van der Waals surface area contributed by atoms with Crippen molar-refractivity contribution in [2.75, 3.05) is 13.1 Å². The van der Waals surface area contributed by atoms with Crippen LogP contribution in [0, 0.1) is 5.92 Å². The molecular weight excluding hydrogens is 176 g/mol. The molecule has 2 aliphatic rings. The smallest absolute Gasteiger partial charge is 0.224 e. The molecule has 0 aromatic carbocycles. The van der Waals surface area contributed by atoms with Gasteiger partial charge >= 0.3 is 0 Å². The zero-order valence-electron chi connectivity index (χ0n) is 7.01. The van der Waals surface area contributed by atoms with Crippen molar-refractivity contribution in [3.8, 4) is 0 Å². The molecule has 1 heterocycles. The Morgan fingerprint density at radius 3 is 2.58 bits per heavy atom. The molecule has 1 aliphatic carbocycles. The summed E-state index contributed by atoms with van der Waals surface area (Å²) in [4.78, 5) is 11.3. The summed E-state index contributed by atoms with van der Waals surface area (Å²) in [5.74, 6) is 0.508. The Hall–Kier alpha value is -0.280. The minimum absolute atomic E-state index is 0. The molecule has 1 saturated carbocycles. The lowest BCUT2D eigenvalue weighted by atomic mass is 10.1. The standard InChI is InChI=1S/C8H14N2O.ClH/c11-8(10-7-1-2-7)6-3-4-9-5-6;/h6-7,9H,1-5H2,(H,10,11);1H/t6-;/m0./s1. The van der Waals surface area contributed by atoms with Gasteiger partial charge in [0.25, 0.3) is 0 Å². The minimum atomic E-state index is 0. The van der Waals surface area contributed by atoms with E-state index in [1.165, 1.54) is 12.8 Å². The van der Waals surface area contributed by atoms with Gasteiger partial charge in [-0.2, -0.15) is 0 Å². The van der Waals surface area contributed by atoms with Crippen molar-refractivity contribution in [3.05, 3.63) is 0 Å². The summed E-state index contributed by atoms with van der Waals surface area (Å²) < 4.78 is 0. The van der Waals surface area contributed by atoms with Crippen molar-refractivity contribution in [2.45, 2.75) is 25.3 Å². The Bertz CT molecular complexity index is 164. The van der Waals surface area contributed by atoms with Crippen molar-refractivity contribution >= 4 is 18.3 Å². The van der Waals surface area contributed by atoms with Crippen LogP contribution >= 0.6 is 12.4 Å². The van der Waals surface area contributed by atoms with E-state index in [1.807, 2.05) is 0 Å². The van der Waals surface area contributed by atoms with E-state index in [4.69, 9.17) is 0 Å². The average molecular weight is 191 g/mol. The first-order valence-electron chi connectivity index (χ1n) is 4.37. The molecule has 3 nitrogen and oxygen atoms in total. The van der Waals surface area contributed by atoms with E-state index in [9.17, 15) is 4.79 Å². The summed E-state index contributed by atoms with van der Waals surface area (Å²) in [5.41, 5.74) is 0. The van der Waals surface area contributed by atoms with Crippen molar-refractivity contribution < 1.29 is 4.79 Å². The van der Waals surface area contributed by atoms with Crippen LogP contribution in [-0.4, -0.2) is 25.0 Å². The van der Waals surface area contributed by atoms with Crippen LogP contribution in [-0.2, 0) is 4.79 Å². The van der Waals surface area contributed by atoms with E-state index in [0.717, 1.165) is 19.5 Å². The molecule has 0 radical (unpaired) electrons. The second kappa shape index (κ2) is 4.10. The van der Waals surface area contributed by atoms with Crippen molar-refractivity contribution in [1.82, 2.24) is 10.6 Å². The SMILES string of the molecule is Cl.O=C(NC1CC1)[C@H]1CCNC1. The Balaban J connectivity index is 0.000000720. The van der Waals surface area contributed by atoms with Gasteiger partial charge in [0.05, 0.1) is 5.92 Å². The largest absolute Gasteiger partial charge is 0.353 e. The molecule has 0 bridgehead atoms. The van der Waals surface area contributed by atoms with Crippen LogP contribution in [0.25, 0.3) is 0 Å². The third-order valence-electron chi connectivity index (χ3n) is 2.35. The van der Waals surface area contributed by atoms with E-state index >= 15 is 0 Å². The fourth-order valence-corrected chi connectivity index (χ4v) is 1.43. The van der Waals surface area contributed by atoms with E-state index < -0.39 is 0 Å². The summed E-state index contributed by atoms with van der Waals surface area (Å²) in [5, 5.41) is 6.20. The van der Waals surface area contributed by atoms with Gasteiger partial charge in [0.1, 0.15) is 0 Å². The quantitative estimate of drug-likeness (QED) is 0.658. The molecule has 1 aliphatic heterocycles. The summed E-state index contributed by atoms with van der Waals surface area (Å²) >= 11 is 0. The van der Waals surface area contributed by atoms with E-state index in [-0.39, 0.29) is 24.2 Å². The second-order valence-electron chi connectivity index (χ2n) is 3.47. The molecule has 2 fully saturated rings. The zero-order chi connectivity index (χ0) is 7.68. The van der Waals surface area contributed by atoms with E-state index in [2.05, 4.69) is 10.6 Å². The maximum atomic E-state index is 11.3. The number of nitrogens with one attached hydrogen (secondary N) is 2. The normalized spacial score (nSPS) is 27.8. The van der Waals surface area contributed by atoms with Gasteiger partial charge in [-0.3, -0.25) is 4.79 Å². The average Bonchev–Trinajstić information content (AvgIpc) is 2.67. The Labute approximate surface area is 78.7 Å². The Morgan fingerprint density at radius 1 is 1.33 bits per heavy atom. The lowest BCUT2D eigenvalue weighted by molar-refractivity contribution is -0.124. The third kappa shape index (κ3) is 2.35. The summed E-state index contributed by atoms with van der Waals surface area (Å²) in [6, 6.07) is 0.517. The van der Waals surface area contributed by atoms with Gasteiger partial charge in [0, 0.05) is 12.6 Å². The molecule has 1 saturated heterocycles. The van der Waals surface area contributed by atoms with Gasteiger partial charge in [0.15, 0.2) is 0 Å². The second-order valence-corrected chi connectivity index (χ2v) is 3.47. The number of carbonyl (C=O) groups is 1. The number of rotatable bonds is 2. The predicted molar refractivity (Wildman–Crippen MR) is 49.4 cm³/mol. The van der Waals surface area contributed by atoms with Crippen LogP contribution in [0.4, 0.5) is 0 Å². The topological polar surface area (TPSA) is 41.1 Å². The predicted octanol–water partition coefficient (Wildman–Crippen LogP) is 0.296. The van der Waals surface area contributed by atoms with Gasteiger partial charge in [0.2, 0.25) is 5.91 Å². The lowest BCUT2D eigenvalue weighted by Crippen LogP contribution is -2.33. The van der Waals surface area contributed by atoms with Crippen LogP contribution in [0.15, 0.2) is 0 Å². The zero-order valence-corrected chi connectivity index (χ0v) is 7.82. The van der Waals surface area contributed by atoms with E-state index in [1.54, 1.807) is 0 Å². The molecule has 70 valence electrons. The molecule has 0 spiro atoms. The summed E-state index contributed by atoms with van der Waals surface area (Å²) in [6.45, 7) is 1.88. The molecule has 0 aromatic rings. The van der Waals surface area contributed by atoms with Gasteiger partial charge in [-0.15, -0.1) is 12.4 Å². The molecule has 1 amide bonds. The maximum Gasteiger partial charge on any atom is 0.224 e. The third-order valence-corrected chi connectivity index (χ3v) is 2.35. The molecule has 0 unspecified atom stereocenters. The van der Waals surface area contributed by atoms with E-state index in [0.29, 0.717) is 6.04 Å². The van der Waals surface area contributed by atoms with Gasteiger partial charge in [-0.25, -0.2) is 0 Å². The fourth-order valence-electron chi connectivity index (χ4n) is 1.43. The molecular formula is C8H15ClN2O. The van der Waals surface area contributed by atoms with Crippen molar-refractivity contribution in [1.29, 1.82) is 0 Å². The number of halogens is 1. The number of hydrogen-bond donors (Lipinski definition) is 2. The number of amides is 1. The van der Waals surface area contributed by atoms with Crippen molar-refractivity contribution in [2.24, 2.45) is 5.92 Å². The van der Waals surface area contributed by atoms with Crippen LogP contribution in [0.5, 0.6) is 0 Å². The number of hydrogen-bond acceptors (Lipinski definition) is 2. The van der Waals surface area contributed by atoms with Crippen LogP contribution in [0.2, 0.25) is 0 Å². The highest BCUT2D eigenvalue weighted by Crippen LogP contribution is 2.20. The first kappa shape index (κ1) is 9.81. The Kier molecular flexibility index (Phi) is 3.35. The molecule has 0 aromatic heterocycles. The summed E-state index contributed by atoms with van der Waals surface area (Å²) in [6.07, 6.45) is 3.39. The first-order valence-corrected chi connectivity index (χ1v) is 4.37. The van der Waals surface area contributed by atoms with Crippen LogP contribution < -0.4 is 10.6 Å². The highest BCUT2D eigenvalue weighted by Gasteiger charge is 2.28. The number of carbonyl (C=O) groups excluding carboxylic acids is 1. The fraction of sp³-hybridized carbons (Fsp3) is 0.875. The highest BCUT2D eigenvalue weighted by molar-refractivity contribution is 5.85. The molecule has 1 atom stereocenters. The maximum absolute atomic E-state index is 11.3. The van der Waals surface area contributed by atoms with Gasteiger partial charge in [-0.1, -0.05) is 0 Å². The lowest BCUT2D eigenvalue weighted by Gasteiger charge is -2.07. The van der Waals surface area contributed by atoms with Crippen LogP contribution in [0.1, 0.15) is 19.3 Å². The monoisotopic (exact) mass is 190 g/mol.